The minimum absolute atomic E-state index is 0.0888. The molecule has 0 aliphatic carbocycles. The molecule has 3 heterocycles. The molecule has 23 heavy (non-hydrogen) atoms. The first kappa shape index (κ1) is 14.1. The van der Waals surface area contributed by atoms with Gasteiger partial charge in [-0.3, -0.25) is 19.9 Å². The average Bonchev–Trinajstić information content (AvgIpc) is 2.85. The highest BCUT2D eigenvalue weighted by Crippen LogP contribution is 2.54. The summed E-state index contributed by atoms with van der Waals surface area (Å²) in [5.74, 6) is -1.08. The number of nitrogens with zero attached hydrogens (tertiary/aromatic N) is 2. The van der Waals surface area contributed by atoms with Gasteiger partial charge in [0.2, 0.25) is 5.91 Å². The standard InChI is InChI=1S/C17H20N4O2/c1-5-6-12-15-16(23)18-17(15)20(11(4)22)13-7-9(2)10(3)8-14(13)21(17)19-12/h7-8,19H,5-6H2,1-4H3,(H,18,23). The number of carbonyl (C=O) groups excluding carboxylic acids is 2. The number of benzene rings is 1. The molecule has 1 spiro atoms. The molecule has 1 atom stereocenters. The van der Waals surface area contributed by atoms with Gasteiger partial charge in [0.25, 0.3) is 11.7 Å². The van der Waals surface area contributed by atoms with Crippen LogP contribution in [0.2, 0.25) is 0 Å². The number of fused-ring (bicyclic) bond motifs is 2. The third-order valence-corrected chi connectivity index (χ3v) is 4.95. The van der Waals surface area contributed by atoms with Gasteiger partial charge >= 0.3 is 0 Å². The molecule has 3 aliphatic rings. The maximum absolute atomic E-state index is 12.4. The number of hydrogen-bond acceptors (Lipinski definition) is 4. The van der Waals surface area contributed by atoms with E-state index >= 15 is 0 Å². The first-order valence-corrected chi connectivity index (χ1v) is 7.97. The summed E-state index contributed by atoms with van der Waals surface area (Å²) in [6, 6.07) is 4.09. The zero-order valence-electron chi connectivity index (χ0n) is 13.8. The summed E-state index contributed by atoms with van der Waals surface area (Å²) >= 11 is 0. The number of β-lactam (4-membered cyclic amide) rings is 1. The lowest BCUT2D eigenvalue weighted by molar-refractivity contribution is -0.126. The number of carbonyl (C=O) groups is 2. The summed E-state index contributed by atoms with van der Waals surface area (Å²) in [4.78, 5) is 26.3. The Balaban J connectivity index is 1.94. The summed E-state index contributed by atoms with van der Waals surface area (Å²) in [5, 5.41) is 4.89. The van der Waals surface area contributed by atoms with E-state index in [4.69, 9.17) is 0 Å². The van der Waals surface area contributed by atoms with Gasteiger partial charge < -0.3 is 5.32 Å². The summed E-state index contributed by atoms with van der Waals surface area (Å²) in [6.07, 6.45) is 1.72. The molecule has 0 bridgehead atoms. The van der Waals surface area contributed by atoms with Crippen molar-refractivity contribution in [2.24, 2.45) is 0 Å². The Hall–Kier alpha value is -2.50. The smallest absolute Gasteiger partial charge is 0.259 e. The second kappa shape index (κ2) is 4.28. The Morgan fingerprint density at radius 2 is 1.87 bits per heavy atom. The van der Waals surface area contributed by atoms with Crippen LogP contribution in [0.3, 0.4) is 0 Å². The van der Waals surface area contributed by atoms with Gasteiger partial charge in [-0.2, -0.15) is 0 Å². The van der Waals surface area contributed by atoms with Crippen molar-refractivity contribution in [3.8, 4) is 0 Å². The minimum Gasteiger partial charge on any atom is -0.306 e. The molecule has 0 radical (unpaired) electrons. The summed E-state index contributed by atoms with van der Waals surface area (Å²) in [6.45, 7) is 7.69. The van der Waals surface area contributed by atoms with Crippen LogP contribution in [-0.4, -0.2) is 17.6 Å². The molecule has 1 aromatic carbocycles. The quantitative estimate of drug-likeness (QED) is 0.818. The lowest BCUT2D eigenvalue weighted by Crippen LogP contribution is -2.77. The van der Waals surface area contributed by atoms with Crippen molar-refractivity contribution in [3.05, 3.63) is 34.5 Å². The van der Waals surface area contributed by atoms with Gasteiger partial charge in [0.15, 0.2) is 0 Å². The van der Waals surface area contributed by atoms with Crippen LogP contribution in [0.15, 0.2) is 23.4 Å². The first-order chi connectivity index (χ1) is 10.9. The van der Waals surface area contributed by atoms with Crippen LogP contribution in [0.4, 0.5) is 11.4 Å². The highest BCUT2D eigenvalue weighted by molar-refractivity contribution is 6.15. The molecule has 2 amide bonds. The molecule has 6 heteroatoms. The number of anilines is 2. The Bertz CT molecular complexity index is 798. The predicted octanol–water partition coefficient (Wildman–Crippen LogP) is 1.83. The van der Waals surface area contributed by atoms with Gasteiger partial charge in [-0.05, 0) is 43.5 Å². The Kier molecular flexibility index (Phi) is 2.63. The van der Waals surface area contributed by atoms with Crippen LogP contribution >= 0.6 is 0 Å². The third-order valence-electron chi connectivity index (χ3n) is 4.95. The van der Waals surface area contributed by atoms with E-state index in [1.165, 1.54) is 6.92 Å². The number of hydrogen-bond donors (Lipinski definition) is 2. The van der Waals surface area contributed by atoms with Gasteiger partial charge in [0, 0.05) is 12.6 Å². The molecule has 0 saturated carbocycles. The van der Waals surface area contributed by atoms with Crippen molar-refractivity contribution in [2.45, 2.75) is 46.3 Å². The minimum atomic E-state index is -0.893. The van der Waals surface area contributed by atoms with E-state index in [9.17, 15) is 9.59 Å². The number of nitrogens with one attached hydrogen (secondary N) is 2. The van der Waals surface area contributed by atoms with E-state index in [-0.39, 0.29) is 11.8 Å². The summed E-state index contributed by atoms with van der Waals surface area (Å²) in [5.41, 5.74) is 8.97. The molecule has 3 aliphatic heterocycles. The van der Waals surface area contributed by atoms with Gasteiger partial charge in [-0.1, -0.05) is 13.3 Å². The molecular formula is C17H20N4O2. The maximum atomic E-state index is 12.4. The summed E-state index contributed by atoms with van der Waals surface area (Å²) < 4.78 is 0. The normalized spacial score (nSPS) is 23.9. The number of allylic oxidation sites excluding steroid dienone is 1. The first-order valence-electron chi connectivity index (χ1n) is 7.97. The molecule has 0 aromatic heterocycles. The second-order valence-corrected chi connectivity index (χ2v) is 6.46. The van der Waals surface area contributed by atoms with E-state index in [0.29, 0.717) is 5.57 Å². The number of aryl methyl sites for hydroxylation is 2. The van der Waals surface area contributed by atoms with Gasteiger partial charge in [0.05, 0.1) is 11.4 Å². The van der Waals surface area contributed by atoms with Gasteiger partial charge in [-0.15, -0.1) is 0 Å². The summed E-state index contributed by atoms with van der Waals surface area (Å²) in [7, 11) is 0. The lowest BCUT2D eigenvalue weighted by atomic mass is 9.94. The third kappa shape index (κ3) is 1.48. The molecule has 4 rings (SSSR count). The topological polar surface area (TPSA) is 64.7 Å². The van der Waals surface area contributed by atoms with Crippen molar-refractivity contribution in [2.75, 3.05) is 9.91 Å². The Labute approximate surface area is 135 Å². The van der Waals surface area contributed by atoms with Crippen LogP contribution in [0.5, 0.6) is 0 Å². The number of hydrazine groups is 1. The molecule has 1 aromatic rings. The van der Waals surface area contributed by atoms with Crippen LogP contribution < -0.4 is 20.7 Å². The Morgan fingerprint density at radius 1 is 1.22 bits per heavy atom. The number of amides is 2. The van der Waals surface area contributed by atoms with Crippen molar-refractivity contribution >= 4 is 23.2 Å². The largest absolute Gasteiger partial charge is 0.306 e. The van der Waals surface area contributed by atoms with Crippen molar-refractivity contribution < 1.29 is 9.59 Å². The molecule has 1 fully saturated rings. The molecule has 1 saturated heterocycles. The fraction of sp³-hybridized carbons (Fsp3) is 0.412. The fourth-order valence-electron chi connectivity index (χ4n) is 3.81. The van der Waals surface area contributed by atoms with E-state index in [0.717, 1.165) is 41.0 Å². The molecule has 120 valence electrons. The van der Waals surface area contributed by atoms with Crippen LogP contribution in [0.25, 0.3) is 0 Å². The molecule has 6 nitrogen and oxygen atoms in total. The lowest BCUT2D eigenvalue weighted by Gasteiger charge is -2.46. The van der Waals surface area contributed by atoms with E-state index in [1.54, 1.807) is 4.90 Å². The van der Waals surface area contributed by atoms with Crippen molar-refractivity contribution in [1.29, 1.82) is 0 Å². The highest BCUT2D eigenvalue weighted by Gasteiger charge is 2.68. The van der Waals surface area contributed by atoms with Crippen LogP contribution in [0.1, 0.15) is 37.8 Å². The monoisotopic (exact) mass is 312 g/mol. The van der Waals surface area contributed by atoms with Crippen LogP contribution in [-0.2, 0) is 9.59 Å². The molecular weight excluding hydrogens is 292 g/mol. The van der Waals surface area contributed by atoms with Crippen LogP contribution in [0, 0.1) is 13.8 Å². The van der Waals surface area contributed by atoms with E-state index < -0.39 is 5.79 Å². The molecule has 2 N–H and O–H groups in total. The zero-order chi connectivity index (χ0) is 16.5. The average molecular weight is 312 g/mol. The maximum Gasteiger partial charge on any atom is 0.259 e. The highest BCUT2D eigenvalue weighted by atomic mass is 16.2. The van der Waals surface area contributed by atoms with E-state index in [2.05, 4.69) is 30.7 Å². The fourth-order valence-corrected chi connectivity index (χ4v) is 3.81. The zero-order valence-corrected chi connectivity index (χ0v) is 13.8. The SMILES string of the molecule is CCCC1=C2C(=O)NC23N(N1)c1cc(C)c(C)cc1N3C(C)=O. The van der Waals surface area contributed by atoms with E-state index in [1.807, 2.05) is 18.0 Å². The number of rotatable bonds is 2. The second-order valence-electron chi connectivity index (χ2n) is 6.46. The predicted molar refractivity (Wildman–Crippen MR) is 87.5 cm³/mol. The Morgan fingerprint density at radius 3 is 2.43 bits per heavy atom. The molecule has 1 unspecified atom stereocenters. The van der Waals surface area contributed by atoms with Crippen molar-refractivity contribution in [3.63, 3.8) is 0 Å². The van der Waals surface area contributed by atoms with Gasteiger partial charge in [-0.25, -0.2) is 5.01 Å². The van der Waals surface area contributed by atoms with Gasteiger partial charge in [0.1, 0.15) is 5.57 Å². The van der Waals surface area contributed by atoms with Crippen molar-refractivity contribution in [1.82, 2.24) is 10.7 Å².